The van der Waals surface area contributed by atoms with Gasteiger partial charge in [0.15, 0.2) is 5.78 Å². The fourth-order valence-electron chi connectivity index (χ4n) is 2.52. The first-order valence-electron chi connectivity index (χ1n) is 7.04. The monoisotopic (exact) mass is 279 g/mol. The normalized spacial score (nSPS) is 16.3. The van der Waals surface area contributed by atoms with E-state index in [0.29, 0.717) is 6.54 Å². The fourth-order valence-corrected chi connectivity index (χ4v) is 3.42. The first kappa shape index (κ1) is 14.3. The van der Waals surface area contributed by atoms with Gasteiger partial charge in [-0.05, 0) is 38.3 Å². The van der Waals surface area contributed by atoms with E-state index in [0.717, 1.165) is 29.0 Å². The highest BCUT2D eigenvalue weighted by Gasteiger charge is 2.20. The second-order valence-electron chi connectivity index (χ2n) is 5.20. The van der Waals surface area contributed by atoms with Crippen molar-refractivity contribution in [3.63, 3.8) is 0 Å². The highest BCUT2D eigenvalue weighted by molar-refractivity contribution is 7.14. The van der Waals surface area contributed by atoms with Crippen molar-refractivity contribution in [2.75, 3.05) is 6.54 Å². The molecule has 2 rings (SSSR count). The molecule has 3 nitrogen and oxygen atoms in total. The minimum absolute atomic E-state index is 0.113. The summed E-state index contributed by atoms with van der Waals surface area (Å²) in [5.74, 6) is 0.551. The maximum absolute atomic E-state index is 11.9. The number of Topliss-reactive ketones (excluding diaryl/α,β-unsaturated/α-hetero) is 1. The standard InChI is InChI=1S/C15H21NO2S/c1-11(17)14-8-7-13(19-14)9-10-16-15(18)12-5-3-2-4-6-12/h7-8,12H,2-6,9-10H2,1H3,(H,16,18). The Balaban J connectivity index is 1.73. The van der Waals surface area contributed by atoms with Crippen molar-refractivity contribution in [3.8, 4) is 0 Å². The van der Waals surface area contributed by atoms with E-state index in [1.807, 2.05) is 12.1 Å². The molecule has 0 unspecified atom stereocenters. The van der Waals surface area contributed by atoms with Crippen molar-refractivity contribution in [2.45, 2.75) is 45.4 Å². The highest BCUT2D eigenvalue weighted by atomic mass is 32.1. The van der Waals surface area contributed by atoms with Crippen LogP contribution in [-0.2, 0) is 11.2 Å². The van der Waals surface area contributed by atoms with Gasteiger partial charge in [0.25, 0.3) is 0 Å². The number of carbonyl (C=O) groups is 2. The Morgan fingerprint density at radius 1 is 1.26 bits per heavy atom. The summed E-state index contributed by atoms with van der Waals surface area (Å²) in [5, 5.41) is 3.02. The average molecular weight is 279 g/mol. The second-order valence-corrected chi connectivity index (χ2v) is 6.37. The van der Waals surface area contributed by atoms with Crippen LogP contribution in [0.2, 0.25) is 0 Å². The molecule has 19 heavy (non-hydrogen) atoms. The van der Waals surface area contributed by atoms with E-state index in [1.54, 1.807) is 6.92 Å². The number of hydrogen-bond acceptors (Lipinski definition) is 3. The number of hydrogen-bond donors (Lipinski definition) is 1. The zero-order valence-electron chi connectivity index (χ0n) is 11.4. The van der Waals surface area contributed by atoms with Gasteiger partial charge < -0.3 is 5.32 Å². The molecule has 1 N–H and O–H groups in total. The second kappa shape index (κ2) is 6.85. The van der Waals surface area contributed by atoms with Crippen LogP contribution in [0.4, 0.5) is 0 Å². The lowest BCUT2D eigenvalue weighted by Crippen LogP contribution is -2.33. The molecule has 4 heteroatoms. The van der Waals surface area contributed by atoms with Gasteiger partial charge in [-0.2, -0.15) is 0 Å². The van der Waals surface area contributed by atoms with Crippen LogP contribution < -0.4 is 5.32 Å². The Morgan fingerprint density at radius 3 is 2.63 bits per heavy atom. The number of nitrogens with one attached hydrogen (secondary N) is 1. The maximum atomic E-state index is 11.9. The van der Waals surface area contributed by atoms with Crippen molar-refractivity contribution in [1.82, 2.24) is 5.32 Å². The molecule has 0 bridgehead atoms. The van der Waals surface area contributed by atoms with Gasteiger partial charge in [0.1, 0.15) is 0 Å². The Hall–Kier alpha value is -1.16. The van der Waals surface area contributed by atoms with E-state index in [1.165, 1.54) is 30.6 Å². The quantitative estimate of drug-likeness (QED) is 0.841. The number of amides is 1. The summed E-state index contributed by atoms with van der Waals surface area (Å²) in [4.78, 5) is 25.1. The summed E-state index contributed by atoms with van der Waals surface area (Å²) in [6.07, 6.45) is 6.54. The van der Waals surface area contributed by atoms with E-state index in [9.17, 15) is 9.59 Å². The molecule has 104 valence electrons. The number of thiophene rings is 1. The Kier molecular flexibility index (Phi) is 5.14. The Morgan fingerprint density at radius 2 is 2.00 bits per heavy atom. The molecule has 0 atom stereocenters. The van der Waals surface area contributed by atoms with Crippen LogP contribution >= 0.6 is 11.3 Å². The third-order valence-electron chi connectivity index (χ3n) is 3.66. The molecule has 1 aliphatic carbocycles. The van der Waals surface area contributed by atoms with Crippen molar-refractivity contribution in [2.24, 2.45) is 5.92 Å². The molecular formula is C15H21NO2S. The van der Waals surface area contributed by atoms with Crippen LogP contribution in [0.5, 0.6) is 0 Å². The summed E-state index contributed by atoms with van der Waals surface area (Å²) in [7, 11) is 0. The van der Waals surface area contributed by atoms with E-state index in [-0.39, 0.29) is 17.6 Å². The molecule has 1 aromatic heterocycles. The van der Waals surface area contributed by atoms with Crippen LogP contribution in [0.1, 0.15) is 53.6 Å². The highest BCUT2D eigenvalue weighted by Crippen LogP contribution is 2.23. The Bertz CT molecular complexity index is 447. The van der Waals surface area contributed by atoms with E-state index in [2.05, 4.69) is 5.32 Å². The lowest BCUT2D eigenvalue weighted by Gasteiger charge is -2.20. The van der Waals surface area contributed by atoms with Crippen LogP contribution in [0.3, 0.4) is 0 Å². The smallest absolute Gasteiger partial charge is 0.223 e. The van der Waals surface area contributed by atoms with Gasteiger partial charge >= 0.3 is 0 Å². The molecular weight excluding hydrogens is 258 g/mol. The first-order valence-corrected chi connectivity index (χ1v) is 7.86. The van der Waals surface area contributed by atoms with Gasteiger partial charge in [-0.1, -0.05) is 19.3 Å². The van der Waals surface area contributed by atoms with E-state index in [4.69, 9.17) is 0 Å². The number of ketones is 1. The molecule has 1 aliphatic rings. The van der Waals surface area contributed by atoms with Crippen molar-refractivity contribution >= 4 is 23.0 Å². The van der Waals surface area contributed by atoms with Crippen molar-refractivity contribution in [3.05, 3.63) is 21.9 Å². The maximum Gasteiger partial charge on any atom is 0.223 e. The molecule has 1 heterocycles. The van der Waals surface area contributed by atoms with Gasteiger partial charge in [0.2, 0.25) is 5.91 Å². The minimum atomic E-state index is 0.113. The van der Waals surface area contributed by atoms with Gasteiger partial charge in [-0.3, -0.25) is 9.59 Å². The lowest BCUT2D eigenvalue weighted by molar-refractivity contribution is -0.125. The SMILES string of the molecule is CC(=O)c1ccc(CCNC(=O)C2CCCCC2)s1. The first-order chi connectivity index (χ1) is 9.16. The third kappa shape index (κ3) is 4.16. The number of rotatable bonds is 5. The van der Waals surface area contributed by atoms with Crippen molar-refractivity contribution < 1.29 is 9.59 Å². The topological polar surface area (TPSA) is 46.2 Å². The zero-order valence-corrected chi connectivity index (χ0v) is 12.2. The van der Waals surface area contributed by atoms with Crippen LogP contribution in [0.25, 0.3) is 0 Å². The van der Waals surface area contributed by atoms with Gasteiger partial charge in [0.05, 0.1) is 4.88 Å². The predicted molar refractivity (Wildman–Crippen MR) is 77.6 cm³/mol. The van der Waals surface area contributed by atoms with Crippen LogP contribution in [-0.4, -0.2) is 18.2 Å². The molecule has 1 aromatic rings. The molecule has 0 spiro atoms. The van der Waals surface area contributed by atoms with Gasteiger partial charge in [-0.15, -0.1) is 11.3 Å². The molecule has 1 saturated carbocycles. The molecule has 1 fully saturated rings. The van der Waals surface area contributed by atoms with Crippen LogP contribution in [0, 0.1) is 5.92 Å². The summed E-state index contributed by atoms with van der Waals surface area (Å²) < 4.78 is 0. The number of carbonyl (C=O) groups excluding carboxylic acids is 2. The largest absolute Gasteiger partial charge is 0.356 e. The molecule has 1 amide bonds. The fraction of sp³-hybridized carbons (Fsp3) is 0.600. The van der Waals surface area contributed by atoms with Gasteiger partial charge in [0, 0.05) is 17.3 Å². The summed E-state index contributed by atoms with van der Waals surface area (Å²) >= 11 is 1.53. The molecule has 0 radical (unpaired) electrons. The predicted octanol–water partition coefficient (Wildman–Crippen LogP) is 3.19. The zero-order chi connectivity index (χ0) is 13.7. The van der Waals surface area contributed by atoms with E-state index >= 15 is 0 Å². The molecule has 0 saturated heterocycles. The van der Waals surface area contributed by atoms with Crippen molar-refractivity contribution in [1.29, 1.82) is 0 Å². The van der Waals surface area contributed by atoms with Gasteiger partial charge in [-0.25, -0.2) is 0 Å². The molecule has 0 aliphatic heterocycles. The minimum Gasteiger partial charge on any atom is -0.356 e. The Labute approximate surface area is 118 Å². The van der Waals surface area contributed by atoms with E-state index < -0.39 is 0 Å². The third-order valence-corrected chi connectivity index (χ3v) is 4.90. The summed E-state index contributed by atoms with van der Waals surface area (Å²) in [5.41, 5.74) is 0. The lowest BCUT2D eigenvalue weighted by atomic mass is 9.89. The molecule has 0 aromatic carbocycles. The summed E-state index contributed by atoms with van der Waals surface area (Å²) in [6.45, 7) is 2.26. The summed E-state index contributed by atoms with van der Waals surface area (Å²) in [6, 6.07) is 3.85. The average Bonchev–Trinajstić information content (AvgIpc) is 2.89. The van der Waals surface area contributed by atoms with Crippen LogP contribution in [0.15, 0.2) is 12.1 Å².